The number of likely N-dealkylation sites (N-methyl/N-ethyl adjacent to an activating group) is 1. The highest BCUT2D eigenvalue weighted by atomic mass is 16.6. The van der Waals surface area contributed by atoms with Gasteiger partial charge >= 0.3 is 6.09 Å². The number of carbonyl (C=O) groups is 2. The molecule has 0 saturated carbocycles. The predicted octanol–water partition coefficient (Wildman–Crippen LogP) is 4.11. The maximum absolute atomic E-state index is 14.0. The summed E-state index contributed by atoms with van der Waals surface area (Å²) >= 11 is 0. The number of fused-ring (bicyclic) bond motifs is 1. The number of hydrogen-bond acceptors (Lipinski definition) is 6. The lowest BCUT2D eigenvalue weighted by Gasteiger charge is -2.34. The number of rotatable bonds is 11. The molecule has 0 bridgehead atoms. The van der Waals surface area contributed by atoms with Crippen LogP contribution in [-0.4, -0.2) is 71.7 Å². The van der Waals surface area contributed by atoms with E-state index in [1.807, 2.05) is 80.6 Å². The molecular formula is C32H42N2O6. The zero-order valence-corrected chi connectivity index (χ0v) is 23.6. The molecule has 1 fully saturated rings. The van der Waals surface area contributed by atoms with Crippen molar-refractivity contribution in [1.82, 2.24) is 10.2 Å². The van der Waals surface area contributed by atoms with Crippen molar-refractivity contribution in [1.29, 1.82) is 0 Å². The van der Waals surface area contributed by atoms with Crippen LogP contribution in [0.2, 0.25) is 0 Å². The Morgan fingerprint density at radius 2 is 1.88 bits per heavy atom. The van der Waals surface area contributed by atoms with Crippen molar-refractivity contribution in [3.63, 3.8) is 0 Å². The van der Waals surface area contributed by atoms with Gasteiger partial charge in [0.1, 0.15) is 6.10 Å². The molecule has 0 spiro atoms. The van der Waals surface area contributed by atoms with Crippen LogP contribution in [0.3, 0.4) is 0 Å². The summed E-state index contributed by atoms with van der Waals surface area (Å²) in [4.78, 5) is 28.2. The third-order valence-electron chi connectivity index (χ3n) is 7.92. The fourth-order valence-electron chi connectivity index (χ4n) is 5.75. The van der Waals surface area contributed by atoms with Gasteiger partial charge in [0.25, 0.3) is 0 Å². The van der Waals surface area contributed by atoms with Gasteiger partial charge in [-0.15, -0.1) is 0 Å². The molecule has 0 radical (unpaired) electrons. The van der Waals surface area contributed by atoms with Gasteiger partial charge in [0.2, 0.25) is 5.91 Å². The van der Waals surface area contributed by atoms with Crippen LogP contribution >= 0.6 is 0 Å². The molecule has 3 N–H and O–H groups in total. The number of amides is 2. The molecule has 8 heteroatoms. The summed E-state index contributed by atoms with van der Waals surface area (Å²) in [5.74, 6) is -0.827. The number of aliphatic hydroxyl groups is 2. The first-order valence-corrected chi connectivity index (χ1v) is 14.2. The predicted molar refractivity (Wildman–Crippen MR) is 153 cm³/mol. The van der Waals surface area contributed by atoms with Gasteiger partial charge in [0.15, 0.2) is 0 Å². The first-order chi connectivity index (χ1) is 19.2. The summed E-state index contributed by atoms with van der Waals surface area (Å²) in [5, 5.41) is 25.0. The third-order valence-corrected chi connectivity index (χ3v) is 7.92. The molecule has 4 rings (SSSR count). The number of nitrogens with one attached hydrogen (secondary N) is 1. The van der Waals surface area contributed by atoms with Gasteiger partial charge in [0.05, 0.1) is 37.5 Å². The van der Waals surface area contributed by atoms with E-state index in [2.05, 4.69) is 5.32 Å². The van der Waals surface area contributed by atoms with Crippen LogP contribution in [0.4, 0.5) is 4.79 Å². The molecule has 216 valence electrons. The third kappa shape index (κ3) is 7.50. The minimum atomic E-state index is -0.986. The van der Waals surface area contributed by atoms with Crippen LogP contribution in [0, 0.1) is 11.8 Å². The lowest BCUT2D eigenvalue weighted by atomic mass is 9.88. The maximum Gasteiger partial charge on any atom is 0.407 e. The van der Waals surface area contributed by atoms with E-state index < -0.39 is 36.3 Å². The average molecular weight is 551 g/mol. The number of ether oxygens (including phenoxy) is 2. The first kappa shape index (κ1) is 29.8. The molecule has 1 saturated heterocycles. The first-order valence-electron chi connectivity index (χ1n) is 14.2. The molecule has 2 aromatic carbocycles. The Kier molecular flexibility index (Phi) is 10.4. The Morgan fingerprint density at radius 1 is 1.15 bits per heavy atom. The highest BCUT2D eigenvalue weighted by molar-refractivity contribution is 5.80. The summed E-state index contributed by atoms with van der Waals surface area (Å²) < 4.78 is 10.7. The molecule has 2 amide bonds. The lowest BCUT2D eigenvalue weighted by Crippen LogP contribution is -2.49. The van der Waals surface area contributed by atoms with E-state index in [0.29, 0.717) is 32.5 Å². The number of aliphatic hydroxyl groups excluding tert-OH is 2. The van der Waals surface area contributed by atoms with Crippen molar-refractivity contribution in [3.05, 3.63) is 77.4 Å². The van der Waals surface area contributed by atoms with E-state index >= 15 is 0 Å². The van der Waals surface area contributed by atoms with Gasteiger partial charge < -0.3 is 29.9 Å². The van der Waals surface area contributed by atoms with E-state index in [0.717, 1.165) is 16.7 Å². The lowest BCUT2D eigenvalue weighted by molar-refractivity contribution is -0.139. The maximum atomic E-state index is 14.0. The normalized spacial score (nSPS) is 22.6. The second-order valence-corrected chi connectivity index (χ2v) is 11.2. The summed E-state index contributed by atoms with van der Waals surface area (Å²) in [7, 11) is 1.72. The zero-order valence-electron chi connectivity index (χ0n) is 23.6. The van der Waals surface area contributed by atoms with E-state index in [4.69, 9.17) is 9.47 Å². The SMILES string of the molecule is CC(C)[C@H](NC(=O)O[C@H]1CCOC1)[C@@H](O)C[C@@H](CC=Cc1ccccc1)C(=O)N(C)[C@H]1c2ccccc2C[C@H]1O. The number of hydrogen-bond donors (Lipinski definition) is 3. The Bertz CT molecular complexity index is 1150. The molecule has 6 atom stereocenters. The van der Waals surface area contributed by atoms with Crippen LogP contribution in [0.15, 0.2) is 60.7 Å². The van der Waals surface area contributed by atoms with E-state index in [1.54, 1.807) is 11.9 Å². The molecule has 1 aliphatic heterocycles. The van der Waals surface area contributed by atoms with E-state index in [-0.39, 0.29) is 24.3 Å². The topological polar surface area (TPSA) is 108 Å². The van der Waals surface area contributed by atoms with Crippen molar-refractivity contribution < 1.29 is 29.3 Å². The number of nitrogens with zero attached hydrogens (tertiary/aromatic N) is 1. The van der Waals surface area contributed by atoms with E-state index in [9.17, 15) is 19.8 Å². The second-order valence-electron chi connectivity index (χ2n) is 11.2. The summed E-state index contributed by atoms with van der Waals surface area (Å²) in [6.07, 6.45) is 3.02. The summed E-state index contributed by atoms with van der Waals surface area (Å²) in [6.45, 7) is 4.76. The van der Waals surface area contributed by atoms with Gasteiger partial charge in [-0.1, -0.05) is 80.6 Å². The minimum Gasteiger partial charge on any atom is -0.444 e. The standard InChI is InChI=1S/C32H42N2O6/c1-21(2)29(33-32(38)40-25-16-17-39-20-25)27(35)19-24(14-9-12-22-10-5-4-6-11-22)31(37)34(3)30-26-15-8-7-13-23(26)18-28(30)36/h4-13,15,21,24-25,27-30,35-36H,14,16-20H2,1-3H3,(H,33,38)/t24-,25+,27+,28-,29+,30+/m1/s1. The monoisotopic (exact) mass is 550 g/mol. The molecule has 8 nitrogen and oxygen atoms in total. The quantitative estimate of drug-likeness (QED) is 0.389. The van der Waals surface area contributed by atoms with Gasteiger partial charge in [-0.25, -0.2) is 4.79 Å². The summed E-state index contributed by atoms with van der Waals surface area (Å²) in [6, 6.07) is 16.6. The number of carbonyl (C=O) groups excluding carboxylic acids is 2. The van der Waals surface area contributed by atoms with Gasteiger partial charge in [-0.3, -0.25) is 4.79 Å². The molecule has 0 unspecified atom stereocenters. The molecule has 1 heterocycles. The second kappa shape index (κ2) is 13.9. The Morgan fingerprint density at radius 3 is 2.58 bits per heavy atom. The Hall–Kier alpha value is -3.20. The van der Waals surface area contributed by atoms with E-state index in [1.165, 1.54) is 0 Å². The highest BCUT2D eigenvalue weighted by Crippen LogP contribution is 2.36. The molecule has 2 aliphatic rings. The summed E-state index contributed by atoms with van der Waals surface area (Å²) in [5.41, 5.74) is 3.00. The van der Waals surface area contributed by atoms with Crippen molar-refractivity contribution in [2.75, 3.05) is 20.3 Å². The van der Waals surface area contributed by atoms with Crippen LogP contribution in [0.25, 0.3) is 6.08 Å². The average Bonchev–Trinajstić information content (AvgIpc) is 3.57. The van der Waals surface area contributed by atoms with Gasteiger partial charge in [-0.05, 0) is 35.4 Å². The van der Waals surface area contributed by atoms with Crippen molar-refractivity contribution >= 4 is 18.1 Å². The molecular weight excluding hydrogens is 508 g/mol. The van der Waals surface area contributed by atoms with Crippen molar-refractivity contribution in [3.8, 4) is 0 Å². The Balaban J connectivity index is 1.50. The zero-order chi connectivity index (χ0) is 28.6. The van der Waals surface area contributed by atoms with Crippen LogP contribution in [0.5, 0.6) is 0 Å². The molecule has 40 heavy (non-hydrogen) atoms. The number of allylic oxidation sites excluding steroid dienone is 1. The largest absolute Gasteiger partial charge is 0.444 e. The fourth-order valence-corrected chi connectivity index (χ4v) is 5.75. The Labute approximate surface area is 237 Å². The highest BCUT2D eigenvalue weighted by Gasteiger charge is 2.39. The smallest absolute Gasteiger partial charge is 0.407 e. The van der Waals surface area contributed by atoms with Crippen LogP contribution in [-0.2, 0) is 20.7 Å². The number of benzene rings is 2. The van der Waals surface area contributed by atoms with Crippen molar-refractivity contribution in [2.45, 2.75) is 69.9 Å². The van der Waals surface area contributed by atoms with Gasteiger partial charge in [-0.2, -0.15) is 0 Å². The fraction of sp³-hybridized carbons (Fsp3) is 0.500. The van der Waals surface area contributed by atoms with Crippen molar-refractivity contribution in [2.24, 2.45) is 11.8 Å². The molecule has 1 aliphatic carbocycles. The van der Waals surface area contributed by atoms with Crippen LogP contribution < -0.4 is 5.32 Å². The van der Waals surface area contributed by atoms with Crippen LogP contribution in [0.1, 0.15) is 55.8 Å². The molecule has 2 aromatic rings. The minimum absolute atomic E-state index is 0.0979. The number of alkyl carbamates (subject to hydrolysis) is 1. The molecule has 0 aromatic heterocycles. The van der Waals surface area contributed by atoms with Gasteiger partial charge in [0, 0.05) is 25.8 Å².